The second-order valence-electron chi connectivity index (χ2n) is 6.73. The van der Waals surface area contributed by atoms with Crippen molar-refractivity contribution < 1.29 is 19.4 Å². The number of hydrogen-bond donors (Lipinski definition) is 2. The molecule has 3 aromatic carbocycles. The van der Waals surface area contributed by atoms with E-state index >= 15 is 0 Å². The molecule has 0 unspecified atom stereocenters. The minimum absolute atomic E-state index is 0.268. The Labute approximate surface area is 170 Å². The molecule has 0 aliphatic rings. The van der Waals surface area contributed by atoms with Gasteiger partial charge in [0.2, 0.25) is 0 Å². The summed E-state index contributed by atoms with van der Waals surface area (Å²) in [7, 11) is 0. The summed E-state index contributed by atoms with van der Waals surface area (Å²) in [4.78, 5) is 10.9. The van der Waals surface area contributed by atoms with Gasteiger partial charge in [0.25, 0.3) is 0 Å². The van der Waals surface area contributed by atoms with Crippen LogP contribution in [0.3, 0.4) is 0 Å². The molecule has 0 atom stereocenters. The summed E-state index contributed by atoms with van der Waals surface area (Å²) < 4.78 is 11.7. The van der Waals surface area contributed by atoms with Gasteiger partial charge in [0, 0.05) is 12.2 Å². The van der Waals surface area contributed by atoms with Gasteiger partial charge in [-0.05, 0) is 61.4 Å². The van der Waals surface area contributed by atoms with E-state index in [2.05, 4.69) is 24.4 Å². The smallest absolute Gasteiger partial charge is 0.335 e. The van der Waals surface area contributed by atoms with Crippen LogP contribution in [0.15, 0.2) is 66.7 Å². The maximum Gasteiger partial charge on any atom is 0.335 e. The van der Waals surface area contributed by atoms with Crippen LogP contribution in [0.2, 0.25) is 0 Å². The van der Waals surface area contributed by atoms with E-state index in [0.717, 1.165) is 16.8 Å². The first-order valence-electron chi connectivity index (χ1n) is 9.56. The second-order valence-corrected chi connectivity index (χ2v) is 6.73. The molecule has 0 aliphatic carbocycles. The lowest BCUT2D eigenvalue weighted by molar-refractivity contribution is 0.0697. The lowest BCUT2D eigenvalue weighted by Gasteiger charge is -2.14. The van der Waals surface area contributed by atoms with Crippen molar-refractivity contribution in [3.63, 3.8) is 0 Å². The summed E-state index contributed by atoms with van der Waals surface area (Å²) in [6, 6.07) is 20.8. The Morgan fingerprint density at radius 3 is 2.41 bits per heavy atom. The first-order valence-corrected chi connectivity index (χ1v) is 9.56. The van der Waals surface area contributed by atoms with Crippen molar-refractivity contribution in [1.82, 2.24) is 0 Å². The average Bonchev–Trinajstić information content (AvgIpc) is 2.72. The van der Waals surface area contributed by atoms with Crippen molar-refractivity contribution >= 4 is 11.7 Å². The third kappa shape index (κ3) is 5.75. The lowest BCUT2D eigenvalue weighted by atomic mass is 10.1. The number of rotatable bonds is 9. The van der Waals surface area contributed by atoms with Gasteiger partial charge in [-0.1, -0.05) is 35.9 Å². The molecular formula is C24H25NO4. The monoisotopic (exact) mass is 391 g/mol. The number of nitrogens with one attached hydrogen (secondary N) is 1. The van der Waals surface area contributed by atoms with E-state index in [9.17, 15) is 4.79 Å². The fourth-order valence-corrected chi connectivity index (χ4v) is 2.95. The van der Waals surface area contributed by atoms with Crippen LogP contribution >= 0.6 is 0 Å². The molecule has 29 heavy (non-hydrogen) atoms. The molecule has 5 nitrogen and oxygen atoms in total. The fourth-order valence-electron chi connectivity index (χ4n) is 2.95. The van der Waals surface area contributed by atoms with Crippen LogP contribution in [0.25, 0.3) is 0 Å². The molecule has 0 aromatic heterocycles. The molecule has 3 aromatic rings. The summed E-state index contributed by atoms with van der Waals surface area (Å²) in [5.74, 6) is 0.489. The Kier molecular flexibility index (Phi) is 6.74. The van der Waals surface area contributed by atoms with Crippen LogP contribution in [0.4, 0.5) is 5.69 Å². The largest absolute Gasteiger partial charge is 0.490 e. The minimum Gasteiger partial charge on any atom is -0.490 e. The summed E-state index contributed by atoms with van der Waals surface area (Å²) >= 11 is 0. The summed E-state index contributed by atoms with van der Waals surface area (Å²) in [6.07, 6.45) is 0. The number of aromatic carboxylic acids is 1. The zero-order valence-electron chi connectivity index (χ0n) is 16.6. The number of aryl methyl sites for hydroxylation is 1. The zero-order valence-corrected chi connectivity index (χ0v) is 16.6. The molecule has 0 saturated carbocycles. The number of anilines is 1. The van der Waals surface area contributed by atoms with Gasteiger partial charge in [0.1, 0.15) is 6.61 Å². The van der Waals surface area contributed by atoms with Gasteiger partial charge in [0.15, 0.2) is 11.5 Å². The third-order valence-corrected chi connectivity index (χ3v) is 4.41. The first-order chi connectivity index (χ1) is 14.0. The van der Waals surface area contributed by atoms with Gasteiger partial charge in [-0.3, -0.25) is 0 Å². The Bertz CT molecular complexity index is 967. The van der Waals surface area contributed by atoms with Gasteiger partial charge in [-0.25, -0.2) is 4.79 Å². The first kappa shape index (κ1) is 20.3. The van der Waals surface area contributed by atoms with E-state index in [-0.39, 0.29) is 5.56 Å². The van der Waals surface area contributed by atoms with Crippen LogP contribution in [0, 0.1) is 6.92 Å². The third-order valence-electron chi connectivity index (χ3n) is 4.41. The van der Waals surface area contributed by atoms with E-state index in [1.165, 1.54) is 5.56 Å². The van der Waals surface area contributed by atoms with E-state index in [1.807, 2.05) is 37.3 Å². The van der Waals surface area contributed by atoms with Gasteiger partial charge in [-0.15, -0.1) is 0 Å². The number of carboxylic acid groups (broad SMARTS) is 1. The molecule has 0 bridgehead atoms. The van der Waals surface area contributed by atoms with E-state index in [1.54, 1.807) is 24.3 Å². The fraction of sp³-hybridized carbons (Fsp3) is 0.208. The molecule has 0 aliphatic heterocycles. The van der Waals surface area contributed by atoms with Crippen LogP contribution in [0.1, 0.15) is 34.0 Å². The van der Waals surface area contributed by atoms with Gasteiger partial charge in [0.05, 0.1) is 12.2 Å². The number of ether oxygens (including phenoxy) is 2. The highest BCUT2D eigenvalue weighted by molar-refractivity contribution is 5.88. The molecule has 0 radical (unpaired) electrons. The van der Waals surface area contributed by atoms with Crippen LogP contribution in [0.5, 0.6) is 11.5 Å². The minimum atomic E-state index is -0.931. The Morgan fingerprint density at radius 2 is 1.72 bits per heavy atom. The molecule has 0 spiro atoms. The van der Waals surface area contributed by atoms with E-state index < -0.39 is 5.97 Å². The Hall–Kier alpha value is -3.47. The van der Waals surface area contributed by atoms with Crippen molar-refractivity contribution in [2.24, 2.45) is 0 Å². The van der Waals surface area contributed by atoms with Gasteiger partial charge < -0.3 is 19.9 Å². The van der Waals surface area contributed by atoms with Crippen molar-refractivity contribution in [3.8, 4) is 11.5 Å². The second kappa shape index (κ2) is 9.64. The lowest BCUT2D eigenvalue weighted by Crippen LogP contribution is -2.03. The van der Waals surface area contributed by atoms with Crippen molar-refractivity contribution in [1.29, 1.82) is 0 Å². The van der Waals surface area contributed by atoms with Crippen molar-refractivity contribution in [2.45, 2.75) is 27.0 Å². The SMILES string of the molecule is CCOc1cc(CNc2ccc(C(=O)O)cc2)ccc1OCc1cccc(C)c1. The molecule has 3 rings (SSSR count). The van der Waals surface area contributed by atoms with E-state index in [0.29, 0.717) is 31.3 Å². The molecule has 150 valence electrons. The Morgan fingerprint density at radius 1 is 0.931 bits per heavy atom. The number of carboxylic acids is 1. The normalized spacial score (nSPS) is 10.4. The van der Waals surface area contributed by atoms with Crippen LogP contribution in [-0.2, 0) is 13.2 Å². The molecule has 0 heterocycles. The molecule has 0 saturated heterocycles. The average molecular weight is 391 g/mol. The van der Waals surface area contributed by atoms with Crippen molar-refractivity contribution in [2.75, 3.05) is 11.9 Å². The molecule has 5 heteroatoms. The number of benzene rings is 3. The molecule has 0 fully saturated rings. The van der Waals surface area contributed by atoms with Crippen LogP contribution in [-0.4, -0.2) is 17.7 Å². The Balaban J connectivity index is 1.65. The highest BCUT2D eigenvalue weighted by Crippen LogP contribution is 2.29. The van der Waals surface area contributed by atoms with Crippen LogP contribution < -0.4 is 14.8 Å². The van der Waals surface area contributed by atoms with E-state index in [4.69, 9.17) is 14.6 Å². The zero-order chi connectivity index (χ0) is 20.6. The highest BCUT2D eigenvalue weighted by Gasteiger charge is 2.08. The summed E-state index contributed by atoms with van der Waals surface area (Å²) in [5.41, 5.74) is 4.48. The predicted molar refractivity (Wildman–Crippen MR) is 114 cm³/mol. The molecule has 0 amide bonds. The topological polar surface area (TPSA) is 67.8 Å². The number of hydrogen-bond acceptors (Lipinski definition) is 4. The van der Waals surface area contributed by atoms with Crippen molar-refractivity contribution in [3.05, 3.63) is 89.0 Å². The molecular weight excluding hydrogens is 366 g/mol. The predicted octanol–water partition coefficient (Wildman–Crippen LogP) is 5.28. The summed E-state index contributed by atoms with van der Waals surface area (Å²) in [6.45, 7) is 5.62. The van der Waals surface area contributed by atoms with Gasteiger partial charge in [-0.2, -0.15) is 0 Å². The number of carbonyl (C=O) groups is 1. The maximum absolute atomic E-state index is 10.9. The summed E-state index contributed by atoms with van der Waals surface area (Å²) in [5, 5.41) is 12.3. The maximum atomic E-state index is 10.9. The van der Waals surface area contributed by atoms with Gasteiger partial charge >= 0.3 is 5.97 Å². The standard InChI is InChI=1S/C24H25NO4/c1-3-28-23-14-18(15-25-21-10-8-20(9-11-21)24(26)27)7-12-22(23)29-16-19-6-4-5-17(2)13-19/h4-14,25H,3,15-16H2,1-2H3,(H,26,27). The highest BCUT2D eigenvalue weighted by atomic mass is 16.5. The quantitative estimate of drug-likeness (QED) is 0.519. The molecule has 2 N–H and O–H groups in total.